The largest absolute Gasteiger partial charge is 0.339 e. The summed E-state index contributed by atoms with van der Waals surface area (Å²) in [5, 5.41) is 7.83. The first-order chi connectivity index (χ1) is 5.61. The van der Waals surface area contributed by atoms with Gasteiger partial charge in [-0.05, 0) is 24.4 Å². The van der Waals surface area contributed by atoms with Crippen LogP contribution in [0, 0.1) is 0 Å². The van der Waals surface area contributed by atoms with Crippen molar-refractivity contribution in [3.8, 4) is 0 Å². The number of nitrogens with one attached hydrogen (secondary N) is 2. The standard InChI is InChI=1S/C6H10N4S2/c1-9-3-4(8-5(11)7-3)10(2)6(9)12/h3-4H,1-2H3,(H2,7,8,11)/t3-,4+. The van der Waals surface area contributed by atoms with Crippen LogP contribution in [0.3, 0.4) is 0 Å². The maximum atomic E-state index is 5.19. The Kier molecular flexibility index (Phi) is 1.62. The highest BCUT2D eigenvalue weighted by Gasteiger charge is 2.44. The lowest BCUT2D eigenvalue weighted by molar-refractivity contribution is 0.307. The molecular formula is C6H10N4S2. The normalized spacial score (nSPS) is 33.5. The van der Waals surface area contributed by atoms with Gasteiger partial charge < -0.3 is 20.4 Å². The maximum absolute atomic E-state index is 5.19. The molecule has 0 aliphatic carbocycles. The monoisotopic (exact) mass is 202 g/mol. The molecule has 2 aliphatic heterocycles. The summed E-state index contributed by atoms with van der Waals surface area (Å²) in [4.78, 5) is 4.01. The molecule has 0 spiro atoms. The van der Waals surface area contributed by atoms with Crippen molar-refractivity contribution in [1.29, 1.82) is 0 Å². The van der Waals surface area contributed by atoms with E-state index in [0.717, 1.165) is 5.11 Å². The van der Waals surface area contributed by atoms with Crippen molar-refractivity contribution >= 4 is 34.7 Å². The molecule has 4 nitrogen and oxygen atoms in total. The second kappa shape index (κ2) is 2.43. The van der Waals surface area contributed by atoms with Gasteiger partial charge in [0.25, 0.3) is 0 Å². The van der Waals surface area contributed by atoms with E-state index in [-0.39, 0.29) is 12.3 Å². The van der Waals surface area contributed by atoms with Gasteiger partial charge in [-0.15, -0.1) is 0 Å². The van der Waals surface area contributed by atoms with Crippen molar-refractivity contribution in [2.24, 2.45) is 0 Å². The van der Waals surface area contributed by atoms with Crippen LogP contribution < -0.4 is 10.6 Å². The first kappa shape index (κ1) is 8.00. The third kappa shape index (κ3) is 0.879. The molecule has 6 heteroatoms. The molecule has 0 aromatic carbocycles. The van der Waals surface area contributed by atoms with Crippen molar-refractivity contribution < 1.29 is 0 Å². The van der Waals surface area contributed by atoms with E-state index >= 15 is 0 Å². The predicted octanol–water partition coefficient (Wildman–Crippen LogP) is -0.722. The van der Waals surface area contributed by atoms with E-state index < -0.39 is 0 Å². The predicted molar refractivity (Wildman–Crippen MR) is 54.6 cm³/mol. The van der Waals surface area contributed by atoms with Crippen molar-refractivity contribution in [1.82, 2.24) is 20.4 Å². The molecule has 2 saturated heterocycles. The zero-order chi connectivity index (χ0) is 8.88. The van der Waals surface area contributed by atoms with E-state index in [2.05, 4.69) is 10.6 Å². The molecular weight excluding hydrogens is 192 g/mol. The fraction of sp³-hybridized carbons (Fsp3) is 0.667. The van der Waals surface area contributed by atoms with Crippen LogP contribution in [0.4, 0.5) is 0 Å². The number of hydrogen-bond acceptors (Lipinski definition) is 2. The fourth-order valence-electron chi connectivity index (χ4n) is 1.57. The molecule has 66 valence electrons. The van der Waals surface area contributed by atoms with Crippen molar-refractivity contribution in [3.63, 3.8) is 0 Å². The van der Waals surface area contributed by atoms with Crippen LogP contribution in [0.1, 0.15) is 0 Å². The van der Waals surface area contributed by atoms with E-state index in [9.17, 15) is 0 Å². The molecule has 2 rings (SSSR count). The van der Waals surface area contributed by atoms with Crippen LogP contribution in [-0.2, 0) is 0 Å². The van der Waals surface area contributed by atoms with E-state index in [1.165, 1.54) is 0 Å². The fourth-order valence-corrected chi connectivity index (χ4v) is 2.04. The molecule has 0 bridgehead atoms. The van der Waals surface area contributed by atoms with Gasteiger partial charge in [0.2, 0.25) is 0 Å². The second-order valence-electron chi connectivity index (χ2n) is 3.01. The minimum atomic E-state index is 0.190. The molecule has 0 aromatic rings. The van der Waals surface area contributed by atoms with Gasteiger partial charge in [0.05, 0.1) is 0 Å². The van der Waals surface area contributed by atoms with E-state index in [4.69, 9.17) is 24.4 Å². The van der Waals surface area contributed by atoms with Crippen LogP contribution in [0.25, 0.3) is 0 Å². The van der Waals surface area contributed by atoms with Gasteiger partial charge in [0.15, 0.2) is 10.2 Å². The number of rotatable bonds is 0. The average Bonchev–Trinajstić information content (AvgIpc) is 2.49. The number of nitrogens with zero attached hydrogens (tertiary/aromatic N) is 2. The Labute approximate surface area is 81.9 Å². The summed E-state index contributed by atoms with van der Waals surface area (Å²) in [5.74, 6) is 0. The summed E-state index contributed by atoms with van der Waals surface area (Å²) < 4.78 is 0. The van der Waals surface area contributed by atoms with Crippen molar-refractivity contribution in [2.75, 3.05) is 14.1 Å². The zero-order valence-electron chi connectivity index (χ0n) is 6.87. The maximum Gasteiger partial charge on any atom is 0.174 e. The molecule has 0 amide bonds. The summed E-state index contributed by atoms with van der Waals surface area (Å²) in [5.41, 5.74) is 0. The summed E-state index contributed by atoms with van der Waals surface area (Å²) >= 11 is 10.2. The third-order valence-corrected chi connectivity index (χ3v) is 3.11. The first-order valence-electron chi connectivity index (χ1n) is 3.68. The van der Waals surface area contributed by atoms with Gasteiger partial charge in [0.1, 0.15) is 12.3 Å². The molecule has 0 unspecified atom stereocenters. The number of fused-ring (bicyclic) bond motifs is 1. The van der Waals surface area contributed by atoms with Crippen LogP contribution >= 0.6 is 24.4 Å². The minimum Gasteiger partial charge on any atom is -0.339 e. The average molecular weight is 202 g/mol. The van der Waals surface area contributed by atoms with Crippen molar-refractivity contribution in [3.05, 3.63) is 0 Å². The third-order valence-electron chi connectivity index (χ3n) is 2.29. The lowest BCUT2D eigenvalue weighted by Crippen LogP contribution is -2.41. The quantitative estimate of drug-likeness (QED) is 0.504. The van der Waals surface area contributed by atoms with Gasteiger partial charge in [-0.3, -0.25) is 0 Å². The number of thiocarbonyl (C=S) groups is 2. The van der Waals surface area contributed by atoms with E-state index in [1.807, 2.05) is 23.9 Å². The SMILES string of the molecule is CN1C(=S)N(C)[C@H]2NC(=S)N[C@H]21. The summed E-state index contributed by atoms with van der Waals surface area (Å²) in [6.45, 7) is 0. The molecule has 2 atom stereocenters. The van der Waals surface area contributed by atoms with Crippen LogP contribution in [-0.4, -0.2) is 46.5 Å². The Morgan fingerprint density at radius 1 is 1.08 bits per heavy atom. The number of hydrogen-bond donors (Lipinski definition) is 2. The lowest BCUT2D eigenvalue weighted by Gasteiger charge is -2.18. The zero-order valence-corrected chi connectivity index (χ0v) is 8.50. The second-order valence-corrected chi connectivity index (χ2v) is 3.79. The smallest absolute Gasteiger partial charge is 0.174 e. The molecule has 2 fully saturated rings. The van der Waals surface area contributed by atoms with Gasteiger partial charge in [-0.2, -0.15) is 0 Å². The minimum absolute atomic E-state index is 0.190. The summed E-state index contributed by atoms with van der Waals surface area (Å²) in [6.07, 6.45) is 0.380. The molecule has 0 radical (unpaired) electrons. The lowest BCUT2D eigenvalue weighted by atomic mass is 10.4. The van der Waals surface area contributed by atoms with Crippen LogP contribution in [0.5, 0.6) is 0 Å². The highest BCUT2D eigenvalue weighted by molar-refractivity contribution is 7.80. The summed E-state index contributed by atoms with van der Waals surface area (Å²) in [6, 6.07) is 0. The number of likely N-dealkylation sites (N-methyl/N-ethyl adjacent to an activating group) is 2. The highest BCUT2D eigenvalue weighted by Crippen LogP contribution is 2.19. The Bertz CT molecular complexity index is 232. The van der Waals surface area contributed by atoms with Gasteiger partial charge in [-0.25, -0.2) is 0 Å². The Hall–Kier alpha value is -0.620. The Morgan fingerprint density at radius 3 is 1.92 bits per heavy atom. The molecule has 0 aromatic heterocycles. The summed E-state index contributed by atoms with van der Waals surface area (Å²) in [7, 11) is 3.93. The van der Waals surface area contributed by atoms with Gasteiger partial charge in [0, 0.05) is 14.1 Å². The molecule has 12 heavy (non-hydrogen) atoms. The molecule has 2 N–H and O–H groups in total. The Morgan fingerprint density at radius 2 is 1.50 bits per heavy atom. The topological polar surface area (TPSA) is 30.5 Å². The van der Waals surface area contributed by atoms with Crippen molar-refractivity contribution in [2.45, 2.75) is 12.3 Å². The van der Waals surface area contributed by atoms with Gasteiger partial charge in [-0.1, -0.05) is 0 Å². The van der Waals surface area contributed by atoms with Gasteiger partial charge >= 0.3 is 0 Å². The van der Waals surface area contributed by atoms with E-state index in [1.54, 1.807) is 0 Å². The molecule has 2 heterocycles. The van der Waals surface area contributed by atoms with E-state index in [0.29, 0.717) is 5.11 Å². The molecule has 2 aliphatic rings. The first-order valence-corrected chi connectivity index (χ1v) is 4.49. The van der Waals surface area contributed by atoms with Crippen LogP contribution in [0.15, 0.2) is 0 Å². The highest BCUT2D eigenvalue weighted by atomic mass is 32.1. The Balaban J connectivity index is 2.26. The van der Waals surface area contributed by atoms with Crippen LogP contribution in [0.2, 0.25) is 0 Å². The molecule has 0 saturated carbocycles.